The fraction of sp³-hybridized carbons (Fsp3) is 0.261. The van der Waals surface area contributed by atoms with Gasteiger partial charge in [0, 0.05) is 10.9 Å². The summed E-state index contributed by atoms with van der Waals surface area (Å²) in [5.41, 5.74) is 1.54. The molecule has 6 nitrogen and oxygen atoms in total. The number of ether oxygens (including phenoxy) is 1. The van der Waals surface area contributed by atoms with E-state index in [0.717, 1.165) is 5.39 Å². The minimum absolute atomic E-state index is 0.158. The summed E-state index contributed by atoms with van der Waals surface area (Å²) in [4.78, 5) is 37.6. The molecule has 1 N–H and O–H groups in total. The van der Waals surface area contributed by atoms with Crippen LogP contribution in [0.4, 0.5) is 0 Å². The van der Waals surface area contributed by atoms with Gasteiger partial charge in [0.1, 0.15) is 11.6 Å². The van der Waals surface area contributed by atoms with E-state index in [9.17, 15) is 14.4 Å². The summed E-state index contributed by atoms with van der Waals surface area (Å²) in [7, 11) is 0. The van der Waals surface area contributed by atoms with Gasteiger partial charge in [0.2, 0.25) is 5.78 Å². The zero-order valence-corrected chi connectivity index (χ0v) is 17.7. The minimum atomic E-state index is -0.932. The standard InChI is InChI=1S/C23H22ClNO5/c1-13(2)20(25-22(27)16-9-4-6-10-17(16)24)23(28)29-12-18(26)21-14(3)15-8-5-7-11-19(15)30-21/h4-11,13,20H,12H2,1-3H3,(H,25,27)/t20-/m0/s1. The molecule has 2 aromatic carbocycles. The molecule has 1 aromatic heterocycles. The number of fused-ring (bicyclic) bond motifs is 1. The number of rotatable bonds is 7. The lowest BCUT2D eigenvalue weighted by atomic mass is 10.0. The Morgan fingerprint density at radius 1 is 1.07 bits per heavy atom. The van der Waals surface area contributed by atoms with Crippen molar-refractivity contribution in [3.05, 3.63) is 70.4 Å². The van der Waals surface area contributed by atoms with E-state index >= 15 is 0 Å². The Hall–Kier alpha value is -3.12. The number of halogens is 1. The Balaban J connectivity index is 1.67. The van der Waals surface area contributed by atoms with Gasteiger partial charge in [-0.1, -0.05) is 55.8 Å². The van der Waals surface area contributed by atoms with Crippen LogP contribution in [0.5, 0.6) is 0 Å². The predicted molar refractivity (Wildman–Crippen MR) is 114 cm³/mol. The van der Waals surface area contributed by atoms with Crippen LogP contribution in [0.2, 0.25) is 5.02 Å². The van der Waals surface area contributed by atoms with Gasteiger partial charge in [0.25, 0.3) is 5.91 Å². The van der Waals surface area contributed by atoms with Crippen molar-refractivity contribution >= 4 is 40.2 Å². The first-order valence-corrected chi connectivity index (χ1v) is 9.90. The quantitative estimate of drug-likeness (QED) is 0.440. The Morgan fingerprint density at radius 3 is 2.40 bits per heavy atom. The van der Waals surface area contributed by atoms with Crippen molar-refractivity contribution in [2.24, 2.45) is 5.92 Å². The number of furan rings is 1. The number of amides is 1. The average Bonchev–Trinajstić information content (AvgIpc) is 3.07. The molecular weight excluding hydrogens is 406 g/mol. The second-order valence-electron chi connectivity index (χ2n) is 7.26. The third kappa shape index (κ3) is 4.54. The van der Waals surface area contributed by atoms with Crippen LogP contribution in [0.15, 0.2) is 52.9 Å². The van der Waals surface area contributed by atoms with Crippen molar-refractivity contribution in [2.45, 2.75) is 26.8 Å². The molecule has 0 aliphatic rings. The molecule has 0 radical (unpaired) electrons. The molecule has 1 atom stereocenters. The van der Waals surface area contributed by atoms with E-state index in [1.165, 1.54) is 0 Å². The van der Waals surface area contributed by atoms with Gasteiger partial charge in [-0.2, -0.15) is 0 Å². The van der Waals surface area contributed by atoms with Gasteiger partial charge >= 0.3 is 5.97 Å². The number of Topliss-reactive ketones (excluding diaryl/α,β-unsaturated/α-hetero) is 1. The van der Waals surface area contributed by atoms with Gasteiger partial charge in [-0.25, -0.2) is 4.79 Å². The van der Waals surface area contributed by atoms with E-state index in [1.807, 2.05) is 18.2 Å². The summed E-state index contributed by atoms with van der Waals surface area (Å²) < 4.78 is 10.8. The number of carbonyl (C=O) groups is 3. The highest BCUT2D eigenvalue weighted by Crippen LogP contribution is 2.25. The number of carbonyl (C=O) groups excluding carboxylic acids is 3. The SMILES string of the molecule is Cc1c(C(=O)COC(=O)[C@@H](NC(=O)c2ccccc2Cl)C(C)C)oc2ccccc12. The monoisotopic (exact) mass is 427 g/mol. The van der Waals surface area contributed by atoms with Gasteiger partial charge in [0.15, 0.2) is 12.4 Å². The fourth-order valence-corrected chi connectivity index (χ4v) is 3.32. The molecule has 156 valence electrons. The molecule has 1 heterocycles. The summed E-state index contributed by atoms with van der Waals surface area (Å²) >= 11 is 6.05. The summed E-state index contributed by atoms with van der Waals surface area (Å²) in [6, 6.07) is 12.9. The third-order valence-electron chi connectivity index (χ3n) is 4.77. The van der Waals surface area contributed by atoms with E-state index in [0.29, 0.717) is 11.1 Å². The van der Waals surface area contributed by atoms with Crippen LogP contribution in [0.1, 0.15) is 40.3 Å². The molecule has 0 unspecified atom stereocenters. The maximum absolute atomic E-state index is 12.6. The normalized spacial score (nSPS) is 12.0. The first kappa shape index (κ1) is 21.6. The number of esters is 1. The smallest absolute Gasteiger partial charge is 0.329 e. The van der Waals surface area contributed by atoms with Gasteiger partial charge < -0.3 is 14.5 Å². The summed E-state index contributed by atoms with van der Waals surface area (Å²) in [5.74, 6) is -1.74. The molecule has 0 saturated heterocycles. The van der Waals surface area contributed by atoms with Crippen LogP contribution in [-0.4, -0.2) is 30.3 Å². The molecule has 7 heteroatoms. The van der Waals surface area contributed by atoms with Crippen LogP contribution < -0.4 is 5.32 Å². The third-order valence-corrected chi connectivity index (χ3v) is 5.10. The minimum Gasteiger partial charge on any atom is -0.456 e. The Kier molecular flexibility index (Phi) is 6.57. The average molecular weight is 428 g/mol. The topological polar surface area (TPSA) is 85.6 Å². The summed E-state index contributed by atoms with van der Waals surface area (Å²) in [5, 5.41) is 3.75. The van der Waals surface area contributed by atoms with Crippen LogP contribution >= 0.6 is 11.6 Å². The Morgan fingerprint density at radius 2 is 1.73 bits per heavy atom. The zero-order chi connectivity index (χ0) is 21.8. The van der Waals surface area contributed by atoms with Crippen molar-refractivity contribution in [2.75, 3.05) is 6.61 Å². The van der Waals surface area contributed by atoms with E-state index < -0.39 is 30.3 Å². The number of para-hydroxylation sites is 1. The molecule has 30 heavy (non-hydrogen) atoms. The van der Waals surface area contributed by atoms with Crippen molar-refractivity contribution in [1.82, 2.24) is 5.32 Å². The van der Waals surface area contributed by atoms with Gasteiger partial charge in [-0.05, 0) is 31.0 Å². The lowest BCUT2D eigenvalue weighted by Crippen LogP contribution is -2.45. The van der Waals surface area contributed by atoms with Gasteiger partial charge in [0.05, 0.1) is 10.6 Å². The number of ketones is 1. The highest BCUT2D eigenvalue weighted by atomic mass is 35.5. The van der Waals surface area contributed by atoms with Crippen LogP contribution in [0.25, 0.3) is 11.0 Å². The lowest BCUT2D eigenvalue weighted by molar-refractivity contribution is -0.146. The molecule has 3 aromatic rings. The summed E-state index contributed by atoms with van der Waals surface area (Å²) in [6.07, 6.45) is 0. The Bertz CT molecular complexity index is 1100. The second kappa shape index (κ2) is 9.13. The van der Waals surface area contributed by atoms with Crippen LogP contribution in [0, 0.1) is 12.8 Å². The van der Waals surface area contributed by atoms with Crippen LogP contribution in [0.3, 0.4) is 0 Å². The lowest BCUT2D eigenvalue weighted by Gasteiger charge is -2.21. The largest absolute Gasteiger partial charge is 0.456 e. The maximum Gasteiger partial charge on any atom is 0.329 e. The van der Waals surface area contributed by atoms with E-state index in [-0.39, 0.29) is 22.3 Å². The van der Waals surface area contributed by atoms with Crippen molar-refractivity contribution in [3.8, 4) is 0 Å². The molecular formula is C23H22ClNO5. The molecule has 0 bridgehead atoms. The zero-order valence-electron chi connectivity index (χ0n) is 16.9. The van der Waals surface area contributed by atoms with Gasteiger partial charge in [-0.3, -0.25) is 9.59 Å². The van der Waals surface area contributed by atoms with E-state index in [2.05, 4.69) is 5.32 Å². The highest BCUT2D eigenvalue weighted by Gasteiger charge is 2.28. The van der Waals surface area contributed by atoms with Gasteiger partial charge in [-0.15, -0.1) is 0 Å². The first-order chi connectivity index (χ1) is 14.3. The molecule has 0 aliphatic carbocycles. The number of aryl methyl sites for hydroxylation is 1. The van der Waals surface area contributed by atoms with E-state index in [4.69, 9.17) is 20.8 Å². The van der Waals surface area contributed by atoms with Crippen molar-refractivity contribution in [3.63, 3.8) is 0 Å². The molecule has 0 aliphatic heterocycles. The fourth-order valence-electron chi connectivity index (χ4n) is 3.09. The van der Waals surface area contributed by atoms with Crippen LogP contribution in [-0.2, 0) is 9.53 Å². The number of nitrogens with one attached hydrogen (secondary N) is 1. The number of hydrogen-bond acceptors (Lipinski definition) is 5. The summed E-state index contributed by atoms with van der Waals surface area (Å²) in [6.45, 7) is 4.83. The number of benzene rings is 2. The highest BCUT2D eigenvalue weighted by molar-refractivity contribution is 6.33. The maximum atomic E-state index is 12.6. The second-order valence-corrected chi connectivity index (χ2v) is 7.67. The predicted octanol–water partition coefficient (Wildman–Crippen LogP) is 4.58. The Labute approximate surface area is 179 Å². The van der Waals surface area contributed by atoms with E-state index in [1.54, 1.807) is 51.1 Å². The molecule has 0 saturated carbocycles. The van der Waals surface area contributed by atoms with Crippen molar-refractivity contribution in [1.29, 1.82) is 0 Å². The molecule has 1 amide bonds. The van der Waals surface area contributed by atoms with Crippen molar-refractivity contribution < 1.29 is 23.5 Å². The molecule has 0 fully saturated rings. The number of hydrogen-bond donors (Lipinski definition) is 1. The first-order valence-electron chi connectivity index (χ1n) is 9.53. The molecule has 0 spiro atoms. The molecule has 3 rings (SSSR count).